The lowest BCUT2D eigenvalue weighted by atomic mass is 10.2. The van der Waals surface area contributed by atoms with E-state index in [1.165, 1.54) is 16.6 Å². The molecule has 1 aromatic heterocycles. The van der Waals surface area contributed by atoms with Gasteiger partial charge in [0.1, 0.15) is 0 Å². The maximum atomic E-state index is 4.27. The molecular weight excluding hydrogens is 248 g/mol. The average Bonchev–Trinajstić information content (AvgIpc) is 3.12. The van der Waals surface area contributed by atoms with E-state index < -0.39 is 0 Å². The Bertz CT molecular complexity index is 598. The highest BCUT2D eigenvalue weighted by Crippen LogP contribution is 2.14. The number of hydrogen-bond acceptors (Lipinski definition) is 1. The first kappa shape index (κ1) is 12.8. The van der Waals surface area contributed by atoms with Crippen molar-refractivity contribution < 1.29 is 0 Å². The molecule has 0 atom stereocenters. The van der Waals surface area contributed by atoms with E-state index in [9.17, 15) is 0 Å². The van der Waals surface area contributed by atoms with Crippen LogP contribution in [0.2, 0.25) is 0 Å². The minimum absolute atomic E-state index is 0.476. The van der Waals surface area contributed by atoms with Crippen molar-refractivity contribution in [3.05, 3.63) is 48.2 Å². The van der Waals surface area contributed by atoms with Crippen LogP contribution in [-0.4, -0.2) is 24.0 Å². The fourth-order valence-electron chi connectivity index (χ4n) is 2.53. The van der Waals surface area contributed by atoms with Gasteiger partial charge < -0.3 is 15.6 Å². The molecule has 1 heterocycles. The zero-order valence-corrected chi connectivity index (χ0v) is 11.7. The molecule has 3 rings (SSSR count). The number of guanidine groups is 1. The molecule has 3 N–H and O–H groups in total. The lowest BCUT2D eigenvalue weighted by Crippen LogP contribution is -2.42. The quantitative estimate of drug-likeness (QED) is 0.455. The van der Waals surface area contributed by atoms with E-state index in [1.807, 2.05) is 13.1 Å². The number of benzene rings is 1. The summed E-state index contributed by atoms with van der Waals surface area (Å²) in [7, 11) is 1.81. The van der Waals surface area contributed by atoms with Crippen LogP contribution >= 0.6 is 0 Å². The third kappa shape index (κ3) is 2.85. The second-order valence-electron chi connectivity index (χ2n) is 5.09. The predicted octanol–water partition coefficient (Wildman–Crippen LogP) is 2.55. The number of fused-ring (bicyclic) bond motifs is 1. The molecule has 1 aliphatic carbocycles. The van der Waals surface area contributed by atoms with Crippen LogP contribution in [0.15, 0.2) is 47.5 Å². The lowest BCUT2D eigenvalue weighted by Gasteiger charge is -2.16. The highest BCUT2D eigenvalue weighted by molar-refractivity contribution is 5.82. The fraction of sp³-hybridized carbons (Fsp3) is 0.312. The lowest BCUT2D eigenvalue weighted by molar-refractivity contribution is 0.632. The maximum absolute atomic E-state index is 4.27. The van der Waals surface area contributed by atoms with Crippen molar-refractivity contribution in [2.75, 3.05) is 7.05 Å². The minimum atomic E-state index is 0.476. The molecule has 0 spiro atoms. The van der Waals surface area contributed by atoms with Crippen LogP contribution in [0.3, 0.4) is 0 Å². The fourth-order valence-corrected chi connectivity index (χ4v) is 2.53. The number of aromatic nitrogens is 1. The topological polar surface area (TPSA) is 52.2 Å². The molecule has 0 saturated carbocycles. The third-order valence-corrected chi connectivity index (χ3v) is 3.60. The first-order valence-electron chi connectivity index (χ1n) is 7.04. The van der Waals surface area contributed by atoms with E-state index in [1.54, 1.807) is 0 Å². The molecule has 0 saturated heterocycles. The number of aromatic amines is 1. The molecule has 0 unspecified atom stereocenters. The minimum Gasteiger partial charge on any atom is -0.357 e. The Hall–Kier alpha value is -2.23. The van der Waals surface area contributed by atoms with E-state index >= 15 is 0 Å². The van der Waals surface area contributed by atoms with Crippen LogP contribution in [0.4, 0.5) is 0 Å². The Kier molecular flexibility index (Phi) is 3.72. The van der Waals surface area contributed by atoms with Crippen LogP contribution < -0.4 is 10.6 Å². The first-order valence-corrected chi connectivity index (χ1v) is 7.04. The molecule has 1 aromatic carbocycles. The van der Waals surface area contributed by atoms with Gasteiger partial charge in [-0.1, -0.05) is 30.4 Å². The maximum Gasteiger partial charge on any atom is 0.191 e. The summed E-state index contributed by atoms with van der Waals surface area (Å²) in [6.45, 7) is 0.745. The molecule has 4 nitrogen and oxygen atoms in total. The van der Waals surface area contributed by atoms with Gasteiger partial charge in [-0.2, -0.15) is 0 Å². The molecule has 0 aliphatic heterocycles. The van der Waals surface area contributed by atoms with Crippen LogP contribution in [0.5, 0.6) is 0 Å². The Balaban J connectivity index is 1.59. The highest BCUT2D eigenvalue weighted by atomic mass is 15.2. The number of H-pyrrole nitrogens is 1. The van der Waals surface area contributed by atoms with Gasteiger partial charge in [0, 0.05) is 24.3 Å². The highest BCUT2D eigenvalue weighted by Gasteiger charge is 2.11. The van der Waals surface area contributed by atoms with Crippen molar-refractivity contribution >= 4 is 16.9 Å². The van der Waals surface area contributed by atoms with Gasteiger partial charge in [-0.25, -0.2) is 0 Å². The second-order valence-corrected chi connectivity index (χ2v) is 5.09. The number of aliphatic imine (C=N–C) groups is 1. The normalized spacial score (nSPS) is 15.9. The number of nitrogens with zero attached hydrogens (tertiary/aromatic N) is 1. The van der Waals surface area contributed by atoms with Gasteiger partial charge in [0.2, 0.25) is 0 Å². The summed E-state index contributed by atoms with van der Waals surface area (Å²) < 4.78 is 0. The van der Waals surface area contributed by atoms with E-state index in [0.29, 0.717) is 6.04 Å². The third-order valence-electron chi connectivity index (χ3n) is 3.60. The predicted molar refractivity (Wildman–Crippen MR) is 83.8 cm³/mol. The summed E-state index contributed by atoms with van der Waals surface area (Å²) in [5, 5.41) is 8.03. The van der Waals surface area contributed by atoms with Crippen LogP contribution in [0.25, 0.3) is 10.9 Å². The molecular formula is C16H20N4. The van der Waals surface area contributed by atoms with Crippen molar-refractivity contribution in [2.45, 2.75) is 25.4 Å². The van der Waals surface area contributed by atoms with Gasteiger partial charge in [-0.15, -0.1) is 0 Å². The van der Waals surface area contributed by atoms with Gasteiger partial charge in [0.15, 0.2) is 5.96 Å². The average molecular weight is 268 g/mol. The Morgan fingerprint density at radius 1 is 1.30 bits per heavy atom. The van der Waals surface area contributed by atoms with Gasteiger partial charge in [0.25, 0.3) is 0 Å². The molecule has 4 heteroatoms. The van der Waals surface area contributed by atoms with E-state index in [-0.39, 0.29) is 0 Å². The van der Waals surface area contributed by atoms with E-state index in [4.69, 9.17) is 0 Å². The van der Waals surface area contributed by atoms with Gasteiger partial charge in [0.05, 0.1) is 6.54 Å². The Morgan fingerprint density at radius 2 is 2.10 bits per heavy atom. The van der Waals surface area contributed by atoms with Crippen LogP contribution in [-0.2, 0) is 6.54 Å². The van der Waals surface area contributed by atoms with Crippen LogP contribution in [0.1, 0.15) is 18.5 Å². The van der Waals surface area contributed by atoms with Crippen molar-refractivity contribution in [1.29, 1.82) is 0 Å². The number of para-hydroxylation sites is 1. The van der Waals surface area contributed by atoms with Crippen molar-refractivity contribution in [3.63, 3.8) is 0 Å². The molecule has 0 radical (unpaired) electrons. The number of nitrogens with one attached hydrogen (secondary N) is 3. The summed E-state index contributed by atoms with van der Waals surface area (Å²) in [4.78, 5) is 7.68. The van der Waals surface area contributed by atoms with E-state index in [2.05, 4.69) is 57.0 Å². The second kappa shape index (κ2) is 5.82. The molecule has 1 aliphatic rings. The summed E-state index contributed by atoms with van der Waals surface area (Å²) in [6, 6.07) is 11.0. The van der Waals surface area contributed by atoms with Crippen LogP contribution in [0, 0.1) is 0 Å². The molecule has 0 bridgehead atoms. The van der Waals surface area contributed by atoms with E-state index in [0.717, 1.165) is 25.3 Å². The molecule has 0 amide bonds. The SMILES string of the molecule is CN=C(NCc1cc2ccccc2[nH]1)NC1CC=CC1. The Morgan fingerprint density at radius 3 is 2.85 bits per heavy atom. The number of hydrogen-bond donors (Lipinski definition) is 3. The standard InChI is InChI=1S/C16H20N4/c1-17-16(20-13-7-3-4-8-13)18-11-14-10-12-6-2-5-9-15(12)19-14/h2-6,9-10,13,19H,7-8,11H2,1H3,(H2,17,18,20). The van der Waals surface area contributed by atoms with Crippen molar-refractivity contribution in [2.24, 2.45) is 4.99 Å². The first-order chi connectivity index (χ1) is 9.85. The zero-order valence-electron chi connectivity index (χ0n) is 11.7. The molecule has 104 valence electrons. The summed E-state index contributed by atoms with van der Waals surface area (Å²) in [6.07, 6.45) is 6.57. The largest absolute Gasteiger partial charge is 0.357 e. The molecule has 0 fully saturated rings. The summed E-state index contributed by atoms with van der Waals surface area (Å²) in [5.74, 6) is 0.859. The molecule has 20 heavy (non-hydrogen) atoms. The van der Waals surface area contributed by atoms with Crippen molar-refractivity contribution in [3.8, 4) is 0 Å². The van der Waals surface area contributed by atoms with Gasteiger partial charge >= 0.3 is 0 Å². The summed E-state index contributed by atoms with van der Waals surface area (Å²) >= 11 is 0. The Labute approximate surface area is 119 Å². The van der Waals surface area contributed by atoms with Gasteiger partial charge in [-0.05, 0) is 30.4 Å². The smallest absolute Gasteiger partial charge is 0.191 e. The summed E-state index contributed by atoms with van der Waals surface area (Å²) in [5.41, 5.74) is 2.34. The van der Waals surface area contributed by atoms with Gasteiger partial charge in [-0.3, -0.25) is 4.99 Å². The zero-order chi connectivity index (χ0) is 13.8. The monoisotopic (exact) mass is 268 g/mol. The number of rotatable bonds is 3. The molecule has 2 aromatic rings. The van der Waals surface area contributed by atoms with Crippen molar-refractivity contribution in [1.82, 2.24) is 15.6 Å².